The number of esters is 3. The van der Waals surface area contributed by atoms with Crippen LogP contribution in [0.2, 0.25) is 0 Å². The molecule has 1 fully saturated rings. The van der Waals surface area contributed by atoms with Crippen LogP contribution in [0.5, 0.6) is 0 Å². The number of ether oxygens (including phenoxy) is 3. The van der Waals surface area contributed by atoms with Crippen molar-refractivity contribution in [1.29, 1.82) is 0 Å². The maximum Gasteiger partial charge on any atom is 0.303 e. The molecule has 0 amide bonds. The highest BCUT2D eigenvalue weighted by Crippen LogP contribution is 2.28. The zero-order valence-electron chi connectivity index (χ0n) is 11.4. The third-order valence-corrected chi connectivity index (χ3v) is 2.84. The van der Waals surface area contributed by atoms with E-state index in [1.165, 1.54) is 0 Å². The topological polar surface area (TPSA) is 119 Å². The fraction of sp³-hybridized carbons (Fsp3) is 0.750. The standard InChI is InChI=1S/C12H18O8/c1-5(13)18-8-4-9(19-6(2)14)12(20-7(3)15)11(17)10(8)16/h8-12,16-17H,4H2,1-3H3/t8-,9+,10+,11+,12-/m0/s1. The van der Waals surface area contributed by atoms with Crippen molar-refractivity contribution >= 4 is 17.9 Å². The maximum atomic E-state index is 11.0. The summed E-state index contributed by atoms with van der Waals surface area (Å²) in [5.41, 5.74) is 0. The number of hydrogen-bond donors (Lipinski definition) is 2. The lowest BCUT2D eigenvalue weighted by Crippen LogP contribution is -2.59. The summed E-state index contributed by atoms with van der Waals surface area (Å²) in [7, 11) is 0. The van der Waals surface area contributed by atoms with Crippen LogP contribution < -0.4 is 0 Å². The van der Waals surface area contributed by atoms with Gasteiger partial charge in [-0.1, -0.05) is 0 Å². The number of rotatable bonds is 3. The van der Waals surface area contributed by atoms with Gasteiger partial charge in [-0.25, -0.2) is 0 Å². The molecule has 0 aromatic carbocycles. The van der Waals surface area contributed by atoms with Gasteiger partial charge in [-0.05, 0) is 0 Å². The van der Waals surface area contributed by atoms with E-state index in [4.69, 9.17) is 14.2 Å². The Morgan fingerprint density at radius 1 is 0.800 bits per heavy atom. The lowest BCUT2D eigenvalue weighted by Gasteiger charge is -2.40. The SMILES string of the molecule is CC(=O)O[C@@H]1[C@H](O)[C@H](O)[C@@H](OC(C)=O)C[C@H]1OC(C)=O. The van der Waals surface area contributed by atoms with Gasteiger partial charge in [0.1, 0.15) is 24.4 Å². The molecule has 0 aromatic heterocycles. The molecule has 0 aliphatic heterocycles. The van der Waals surface area contributed by atoms with Crippen molar-refractivity contribution in [2.24, 2.45) is 0 Å². The molecule has 0 heterocycles. The van der Waals surface area contributed by atoms with E-state index in [9.17, 15) is 24.6 Å². The molecule has 0 unspecified atom stereocenters. The van der Waals surface area contributed by atoms with Gasteiger partial charge in [0.15, 0.2) is 6.10 Å². The van der Waals surface area contributed by atoms with Gasteiger partial charge in [-0.2, -0.15) is 0 Å². The highest BCUT2D eigenvalue weighted by atomic mass is 16.6. The number of hydrogen-bond acceptors (Lipinski definition) is 8. The zero-order valence-corrected chi connectivity index (χ0v) is 11.4. The Hall–Kier alpha value is -1.67. The summed E-state index contributed by atoms with van der Waals surface area (Å²) in [6.07, 6.45) is -6.29. The van der Waals surface area contributed by atoms with E-state index in [1.807, 2.05) is 0 Å². The Kier molecular flexibility index (Phi) is 5.46. The first kappa shape index (κ1) is 16.4. The van der Waals surface area contributed by atoms with Gasteiger partial charge in [-0.3, -0.25) is 14.4 Å². The minimum absolute atomic E-state index is 0.0741. The molecule has 1 saturated carbocycles. The number of aliphatic hydroxyl groups excluding tert-OH is 2. The molecule has 0 bridgehead atoms. The molecule has 1 aliphatic rings. The van der Waals surface area contributed by atoms with Gasteiger partial charge in [0, 0.05) is 27.2 Å². The molecule has 0 radical (unpaired) electrons. The second kappa shape index (κ2) is 6.67. The summed E-state index contributed by atoms with van der Waals surface area (Å²) in [5.74, 6) is -1.98. The molecule has 8 heteroatoms. The van der Waals surface area contributed by atoms with Crippen LogP contribution in [0.1, 0.15) is 27.2 Å². The summed E-state index contributed by atoms with van der Waals surface area (Å²) in [5, 5.41) is 19.8. The Labute approximate surface area is 115 Å². The van der Waals surface area contributed by atoms with E-state index in [2.05, 4.69) is 0 Å². The van der Waals surface area contributed by atoms with E-state index < -0.39 is 48.4 Å². The Morgan fingerprint density at radius 3 is 1.70 bits per heavy atom. The summed E-state index contributed by atoms with van der Waals surface area (Å²) in [6.45, 7) is 3.43. The van der Waals surface area contributed by atoms with Crippen LogP contribution in [0, 0.1) is 0 Å². The van der Waals surface area contributed by atoms with Crippen LogP contribution in [0.25, 0.3) is 0 Å². The number of carbonyl (C=O) groups is 3. The normalized spacial score (nSPS) is 33.1. The molecule has 0 aromatic rings. The third-order valence-electron chi connectivity index (χ3n) is 2.84. The van der Waals surface area contributed by atoms with Crippen molar-refractivity contribution in [2.45, 2.75) is 57.7 Å². The Balaban J connectivity index is 2.90. The van der Waals surface area contributed by atoms with Gasteiger partial charge < -0.3 is 24.4 Å². The van der Waals surface area contributed by atoms with Gasteiger partial charge >= 0.3 is 17.9 Å². The van der Waals surface area contributed by atoms with Gasteiger partial charge in [0.2, 0.25) is 0 Å². The first-order valence-electron chi connectivity index (χ1n) is 6.10. The molecular formula is C12H18O8. The fourth-order valence-electron chi connectivity index (χ4n) is 2.13. The van der Waals surface area contributed by atoms with Crippen molar-refractivity contribution in [3.63, 3.8) is 0 Å². The molecule has 114 valence electrons. The summed E-state index contributed by atoms with van der Waals surface area (Å²) in [4.78, 5) is 33.0. The Bertz CT molecular complexity index is 393. The van der Waals surface area contributed by atoms with Gasteiger partial charge in [0.25, 0.3) is 0 Å². The number of aliphatic hydroxyl groups is 2. The van der Waals surface area contributed by atoms with Crippen molar-refractivity contribution in [1.82, 2.24) is 0 Å². The van der Waals surface area contributed by atoms with E-state index in [0.717, 1.165) is 20.8 Å². The van der Waals surface area contributed by atoms with Crippen LogP contribution in [0.15, 0.2) is 0 Å². The minimum atomic E-state index is -1.53. The van der Waals surface area contributed by atoms with Crippen molar-refractivity contribution in [2.75, 3.05) is 0 Å². The average Bonchev–Trinajstić information content (AvgIpc) is 2.29. The quantitative estimate of drug-likeness (QED) is 0.497. The molecule has 0 spiro atoms. The summed E-state index contributed by atoms with van der Waals surface area (Å²) in [6, 6.07) is 0. The van der Waals surface area contributed by atoms with Crippen LogP contribution in [-0.4, -0.2) is 58.6 Å². The largest absolute Gasteiger partial charge is 0.460 e. The lowest BCUT2D eigenvalue weighted by atomic mass is 9.87. The first-order valence-corrected chi connectivity index (χ1v) is 6.10. The molecule has 20 heavy (non-hydrogen) atoms. The first-order chi connectivity index (χ1) is 9.22. The van der Waals surface area contributed by atoms with Gasteiger partial charge in [0.05, 0.1) is 0 Å². The van der Waals surface area contributed by atoms with Crippen LogP contribution in [0.3, 0.4) is 0 Å². The Morgan fingerprint density at radius 2 is 1.25 bits per heavy atom. The van der Waals surface area contributed by atoms with E-state index in [-0.39, 0.29) is 6.42 Å². The minimum Gasteiger partial charge on any atom is -0.460 e. The van der Waals surface area contributed by atoms with Crippen LogP contribution >= 0.6 is 0 Å². The highest BCUT2D eigenvalue weighted by molar-refractivity contribution is 5.68. The second-order valence-corrected chi connectivity index (χ2v) is 4.59. The highest BCUT2D eigenvalue weighted by Gasteiger charge is 2.48. The fourth-order valence-corrected chi connectivity index (χ4v) is 2.13. The molecule has 1 rings (SSSR count). The van der Waals surface area contributed by atoms with E-state index in [1.54, 1.807) is 0 Å². The molecule has 1 aliphatic carbocycles. The molecule has 2 N–H and O–H groups in total. The summed E-state index contributed by atoms with van der Waals surface area (Å²) < 4.78 is 14.7. The smallest absolute Gasteiger partial charge is 0.303 e. The molecule has 0 saturated heterocycles. The zero-order chi connectivity index (χ0) is 15.4. The van der Waals surface area contributed by atoms with Crippen molar-refractivity contribution in [3.8, 4) is 0 Å². The van der Waals surface area contributed by atoms with Crippen LogP contribution in [-0.2, 0) is 28.6 Å². The number of carbonyl (C=O) groups excluding carboxylic acids is 3. The predicted octanol–water partition coefficient (Wildman–Crippen LogP) is -1.09. The van der Waals surface area contributed by atoms with Crippen LogP contribution in [0.4, 0.5) is 0 Å². The van der Waals surface area contributed by atoms with Crippen molar-refractivity contribution in [3.05, 3.63) is 0 Å². The average molecular weight is 290 g/mol. The second-order valence-electron chi connectivity index (χ2n) is 4.59. The molecule has 8 nitrogen and oxygen atoms in total. The monoisotopic (exact) mass is 290 g/mol. The maximum absolute atomic E-state index is 11.0. The van der Waals surface area contributed by atoms with Gasteiger partial charge in [-0.15, -0.1) is 0 Å². The third kappa shape index (κ3) is 4.17. The van der Waals surface area contributed by atoms with Crippen molar-refractivity contribution < 1.29 is 38.8 Å². The molecular weight excluding hydrogens is 272 g/mol. The lowest BCUT2D eigenvalue weighted by molar-refractivity contribution is -0.215. The predicted molar refractivity (Wildman–Crippen MR) is 63.3 cm³/mol. The molecule has 5 atom stereocenters. The van der Waals surface area contributed by atoms with E-state index >= 15 is 0 Å². The summed E-state index contributed by atoms with van der Waals surface area (Å²) >= 11 is 0. The van der Waals surface area contributed by atoms with E-state index in [0.29, 0.717) is 0 Å².